The van der Waals surface area contributed by atoms with Crippen LogP contribution in [-0.2, 0) is 32.3 Å². The van der Waals surface area contributed by atoms with Gasteiger partial charge in [0.1, 0.15) is 5.71 Å². The van der Waals surface area contributed by atoms with Crippen molar-refractivity contribution in [3.63, 3.8) is 0 Å². The monoisotopic (exact) mass is 1440 g/mol. The van der Waals surface area contributed by atoms with E-state index >= 15 is 0 Å². The van der Waals surface area contributed by atoms with Crippen LogP contribution in [0.5, 0.6) is 0 Å². The molecule has 0 radical (unpaired) electrons. The number of Topliss-reactive ketones (excluding diaryl/α,β-unsaturated/α-hetero) is 3. The molecule has 0 spiro atoms. The van der Waals surface area contributed by atoms with E-state index in [4.69, 9.17) is 14.4 Å². The van der Waals surface area contributed by atoms with Crippen LogP contribution in [0, 0.1) is 6.92 Å². The fourth-order valence-corrected chi connectivity index (χ4v) is 15.2. The van der Waals surface area contributed by atoms with Crippen LogP contribution in [0.25, 0.3) is 43.6 Å². The molecule has 2 aromatic heterocycles. The maximum absolute atomic E-state index is 14.0. The van der Waals surface area contributed by atoms with Gasteiger partial charge in [-0.2, -0.15) is 0 Å². The lowest BCUT2D eigenvalue weighted by Gasteiger charge is -2.39. The summed E-state index contributed by atoms with van der Waals surface area (Å²) in [6, 6.07) is 58.3. The van der Waals surface area contributed by atoms with Gasteiger partial charge in [-0.3, -0.25) is 29.0 Å². The third-order valence-corrected chi connectivity index (χ3v) is 21.6. The van der Waals surface area contributed by atoms with Gasteiger partial charge >= 0.3 is 11.9 Å². The highest BCUT2D eigenvalue weighted by atomic mass is 32.2. The first kappa shape index (κ1) is 79.1. The number of aryl methyl sites for hydroxylation is 3. The second kappa shape index (κ2) is 37.7. The van der Waals surface area contributed by atoms with Gasteiger partial charge in [0.15, 0.2) is 17.3 Å². The molecule has 0 atom stereocenters. The number of aromatic nitrogens is 2. The molecule has 12 rings (SSSR count). The molecule has 0 N–H and O–H groups in total. The molecule has 16 heteroatoms. The lowest BCUT2D eigenvalue weighted by Crippen LogP contribution is -2.54. The molecular formula is C90H104N6O9S. The molecule has 0 saturated carbocycles. The summed E-state index contributed by atoms with van der Waals surface area (Å²) in [6.07, 6.45) is 15.4. The van der Waals surface area contributed by atoms with Crippen molar-refractivity contribution in [2.75, 3.05) is 39.4 Å². The van der Waals surface area contributed by atoms with Crippen LogP contribution >= 0.6 is 11.8 Å². The van der Waals surface area contributed by atoms with Crippen molar-refractivity contribution in [2.24, 2.45) is 10.3 Å². The van der Waals surface area contributed by atoms with Crippen LogP contribution in [0.2, 0.25) is 0 Å². The number of piperidine rings is 1. The second-order valence-corrected chi connectivity index (χ2v) is 29.9. The van der Waals surface area contributed by atoms with Gasteiger partial charge in [0, 0.05) is 114 Å². The fraction of sp³-hybridized carbons (Fsp3) is 0.378. The van der Waals surface area contributed by atoms with Crippen molar-refractivity contribution in [2.45, 2.75) is 193 Å². The first-order valence-corrected chi connectivity index (χ1v) is 38.9. The minimum absolute atomic E-state index is 0.0150. The van der Waals surface area contributed by atoms with Gasteiger partial charge < -0.3 is 23.5 Å². The average Bonchev–Trinajstić information content (AvgIpc) is 1.59. The Hall–Kier alpha value is -9.45. The standard InChI is InChI=1S/C37H53N3O3.C27H27NO3S.C26H24N2O3/c1-6-7-8-9-10-14-21-40-32-26-28(34(41)36(2,3)38-19-12-11-13-20-38)15-17-30(32)31-18-16-29(27-33(31)40)35(42)37(4,5)39-22-24-43-25-23-39;1-2-3-4-11-16-25(28-31-27(30)22-12-7-5-8-13-22)26(29)21-17-19-24(20-18-21)32-23-14-9-6-10-15-23;1-5-28-24-12-10-19(17(3)27-31-18(4)29)14-22(24)23-15-20(11-13-25(23)28)26(30)21-9-7-6-8-16(21)2/h15-18,26-27H,6-14,19-25H2,1-5H3;5-10,12-15,17-20H,2-4,11,16H2,1H3;6-15H,5H2,1-4H3. The highest BCUT2D eigenvalue weighted by Crippen LogP contribution is 2.37. The summed E-state index contributed by atoms with van der Waals surface area (Å²) in [5.74, 6) is -0.885. The maximum Gasteiger partial charge on any atom is 0.365 e. The van der Waals surface area contributed by atoms with Crippen molar-refractivity contribution < 1.29 is 43.2 Å². The van der Waals surface area contributed by atoms with E-state index in [2.05, 4.69) is 88.1 Å². The largest absolute Gasteiger partial charge is 0.379 e. The molecule has 2 fully saturated rings. The van der Waals surface area contributed by atoms with Crippen molar-refractivity contribution in [3.8, 4) is 0 Å². The van der Waals surface area contributed by atoms with Crippen LogP contribution in [-0.4, -0.2) is 116 Å². The first-order valence-electron chi connectivity index (χ1n) is 38.1. The topological polar surface area (TPSA) is 171 Å². The number of carbonyl (C=O) groups excluding carboxylic acids is 6. The number of hydrogen-bond acceptors (Lipinski definition) is 14. The minimum atomic E-state index is -0.604. The number of ether oxygens (including phenoxy) is 1. The Morgan fingerprint density at radius 1 is 0.462 bits per heavy atom. The molecule has 10 aromatic rings. The quantitative estimate of drug-likeness (QED) is 0.0143. The normalized spacial score (nSPS) is 14.0. The second-order valence-electron chi connectivity index (χ2n) is 28.8. The Morgan fingerprint density at radius 3 is 1.56 bits per heavy atom. The highest BCUT2D eigenvalue weighted by Gasteiger charge is 2.38. The van der Waals surface area contributed by atoms with Crippen LogP contribution < -0.4 is 0 Å². The maximum atomic E-state index is 14.0. The van der Waals surface area contributed by atoms with Crippen molar-refractivity contribution >= 4 is 102 Å². The van der Waals surface area contributed by atoms with Gasteiger partial charge in [-0.05, 0) is 196 Å². The van der Waals surface area contributed by atoms with E-state index in [1.165, 1.54) is 45.4 Å². The van der Waals surface area contributed by atoms with Crippen molar-refractivity contribution in [1.29, 1.82) is 0 Å². The van der Waals surface area contributed by atoms with Gasteiger partial charge in [-0.25, -0.2) is 9.59 Å². The number of unbranched alkanes of at least 4 members (excludes halogenated alkanes) is 8. The number of fused-ring (bicyclic) bond motifs is 6. The molecule has 554 valence electrons. The number of rotatable bonds is 29. The average molecular weight is 1450 g/mol. The van der Waals surface area contributed by atoms with Gasteiger partial charge in [0.2, 0.25) is 5.78 Å². The summed E-state index contributed by atoms with van der Waals surface area (Å²) in [5.41, 5.74) is 9.75. The smallest absolute Gasteiger partial charge is 0.365 e. The minimum Gasteiger partial charge on any atom is -0.379 e. The van der Waals surface area contributed by atoms with E-state index in [0.717, 1.165) is 160 Å². The first-order chi connectivity index (χ1) is 51.2. The lowest BCUT2D eigenvalue weighted by molar-refractivity contribution is -0.140. The zero-order valence-electron chi connectivity index (χ0n) is 63.6. The van der Waals surface area contributed by atoms with Crippen LogP contribution in [0.4, 0.5) is 0 Å². The molecule has 4 heterocycles. The molecule has 8 aromatic carbocycles. The van der Waals surface area contributed by atoms with E-state index in [-0.39, 0.29) is 28.8 Å². The summed E-state index contributed by atoms with van der Waals surface area (Å²) >= 11 is 1.64. The molecule has 2 aliphatic rings. The van der Waals surface area contributed by atoms with Crippen molar-refractivity contribution in [3.05, 3.63) is 226 Å². The Bertz CT molecular complexity index is 4670. The summed E-state index contributed by atoms with van der Waals surface area (Å²) < 4.78 is 10.2. The predicted molar refractivity (Wildman–Crippen MR) is 431 cm³/mol. The SMILES string of the molecule is CCCCCCC(=NOC(=O)c1ccccc1)C(=O)c1ccc(Sc2ccccc2)cc1.CCCCCCCCn1c2cc(C(=O)C(C)(C)N3CCCCC3)ccc2c2ccc(C(=O)C(C)(C)N3CCOCC3)cc21.CCn1c2ccc(C(=O)c3ccccc3C)cc2c2cc(C(C)=NOC(C)=O)ccc21. The third-order valence-electron chi connectivity index (χ3n) is 20.6. The molecule has 106 heavy (non-hydrogen) atoms. The number of oxime groups is 2. The Kier molecular flexibility index (Phi) is 28.1. The molecule has 0 aliphatic carbocycles. The van der Waals surface area contributed by atoms with Gasteiger partial charge in [0.25, 0.3) is 0 Å². The third kappa shape index (κ3) is 19.6. The number of benzene rings is 8. The van der Waals surface area contributed by atoms with Crippen LogP contribution in [0.1, 0.15) is 221 Å². The van der Waals surface area contributed by atoms with E-state index in [1.54, 1.807) is 55.1 Å². The van der Waals surface area contributed by atoms with E-state index in [1.807, 2.05) is 142 Å². The van der Waals surface area contributed by atoms with E-state index < -0.39 is 23.0 Å². The summed E-state index contributed by atoms with van der Waals surface area (Å²) in [5, 5.41) is 12.2. The Balaban J connectivity index is 0.000000173. The van der Waals surface area contributed by atoms with Crippen molar-refractivity contribution in [1.82, 2.24) is 18.9 Å². The van der Waals surface area contributed by atoms with Crippen LogP contribution in [0.15, 0.2) is 202 Å². The molecule has 15 nitrogen and oxygen atoms in total. The van der Waals surface area contributed by atoms with Gasteiger partial charge in [-0.15, -0.1) is 0 Å². The molecule has 0 unspecified atom stereocenters. The number of morpholine rings is 1. The number of nitrogens with zero attached hydrogens (tertiary/aromatic N) is 6. The zero-order valence-corrected chi connectivity index (χ0v) is 64.5. The molecular weight excluding hydrogens is 1340 g/mol. The number of likely N-dealkylation sites (tertiary alicyclic amines) is 1. The van der Waals surface area contributed by atoms with Gasteiger partial charge in [0.05, 0.1) is 35.6 Å². The molecule has 0 amide bonds. The summed E-state index contributed by atoms with van der Waals surface area (Å²) in [7, 11) is 0. The predicted octanol–water partition coefficient (Wildman–Crippen LogP) is 20.7. The van der Waals surface area contributed by atoms with Gasteiger partial charge in [-0.1, -0.05) is 185 Å². The number of carbonyl (C=O) groups is 6. The van der Waals surface area contributed by atoms with E-state index in [9.17, 15) is 28.8 Å². The molecule has 2 saturated heterocycles. The van der Waals surface area contributed by atoms with E-state index in [0.29, 0.717) is 47.6 Å². The summed E-state index contributed by atoms with van der Waals surface area (Å²) in [6.45, 7) is 26.3. The Labute approximate surface area is 629 Å². The molecule has 0 bridgehead atoms. The Morgan fingerprint density at radius 2 is 0.972 bits per heavy atom. The number of hydrogen-bond donors (Lipinski definition) is 0. The molecule has 2 aliphatic heterocycles. The van der Waals surface area contributed by atoms with Crippen LogP contribution in [0.3, 0.4) is 0 Å². The number of ketones is 4. The fourth-order valence-electron chi connectivity index (χ4n) is 14.3. The highest BCUT2D eigenvalue weighted by molar-refractivity contribution is 7.99. The lowest BCUT2D eigenvalue weighted by atomic mass is 9.89. The summed E-state index contributed by atoms with van der Waals surface area (Å²) in [4.78, 5) is 94.3. The zero-order chi connectivity index (χ0) is 75.3.